The minimum atomic E-state index is -4.01. The van der Waals surface area contributed by atoms with E-state index in [1.165, 1.54) is 0 Å². The third-order valence-electron chi connectivity index (χ3n) is 2.63. The molecule has 0 aromatic heterocycles. The fourth-order valence-corrected chi connectivity index (χ4v) is 3.43. The average Bonchev–Trinajstić information content (AvgIpc) is 1.99. The normalized spacial score (nSPS) is 33.0. The van der Waals surface area contributed by atoms with Gasteiger partial charge in [0, 0.05) is 11.7 Å². The lowest BCUT2D eigenvalue weighted by Crippen LogP contribution is -2.45. The third kappa shape index (κ3) is 5.11. The predicted molar refractivity (Wildman–Crippen MR) is 58.0 cm³/mol. The van der Waals surface area contributed by atoms with Crippen LogP contribution in [0.15, 0.2) is 0 Å². The smallest absolute Gasteiger partial charge is 0.303 e. The Balaban J connectivity index is 2.30. The molecule has 1 aliphatic rings. The van der Waals surface area contributed by atoms with Gasteiger partial charge in [0.1, 0.15) is 0 Å². The summed E-state index contributed by atoms with van der Waals surface area (Å²) < 4.78 is 36.0. The maximum atomic E-state index is 12.0. The van der Waals surface area contributed by atoms with Gasteiger partial charge in [-0.1, -0.05) is 6.92 Å². The zero-order valence-corrected chi connectivity index (χ0v) is 9.97. The molecule has 1 aliphatic heterocycles. The van der Waals surface area contributed by atoms with Crippen LogP contribution in [0.5, 0.6) is 0 Å². The highest BCUT2D eigenvalue weighted by atomic mass is 32.2. The Hall–Kier alpha value is 0.100. The van der Waals surface area contributed by atoms with Crippen molar-refractivity contribution >= 4 is 11.8 Å². The van der Waals surface area contributed by atoms with Gasteiger partial charge in [0.05, 0.1) is 4.87 Å². The Morgan fingerprint density at radius 3 is 2.67 bits per heavy atom. The van der Waals surface area contributed by atoms with Crippen LogP contribution in [-0.4, -0.2) is 22.8 Å². The molecule has 0 saturated carbocycles. The summed E-state index contributed by atoms with van der Waals surface area (Å²) in [4.78, 5) is -0.164. The molecule has 0 amide bonds. The number of hydrogen-bond donors (Lipinski definition) is 1. The number of thioether (sulfide) groups is 1. The quantitative estimate of drug-likeness (QED) is 0.811. The monoisotopic (exact) mass is 241 g/mol. The molecule has 15 heavy (non-hydrogen) atoms. The van der Waals surface area contributed by atoms with Crippen LogP contribution in [0.3, 0.4) is 0 Å². The number of rotatable bonds is 3. The first-order valence-corrected chi connectivity index (χ1v) is 6.18. The zero-order chi connectivity index (χ0) is 11.5. The van der Waals surface area contributed by atoms with E-state index in [-0.39, 0.29) is 11.3 Å². The van der Waals surface area contributed by atoms with Crippen LogP contribution >= 0.6 is 11.8 Å². The summed E-state index contributed by atoms with van der Waals surface area (Å²) in [5, 5.41) is 3.85. The molecule has 1 fully saturated rings. The highest BCUT2D eigenvalue weighted by Gasteiger charge is 2.32. The molecule has 1 nitrogen and oxygen atoms in total. The molecule has 90 valence electrons. The van der Waals surface area contributed by atoms with Gasteiger partial charge in [-0.15, -0.1) is 11.8 Å². The van der Waals surface area contributed by atoms with E-state index in [0.717, 1.165) is 13.0 Å². The van der Waals surface area contributed by atoms with Gasteiger partial charge in [-0.25, -0.2) is 0 Å². The summed E-state index contributed by atoms with van der Waals surface area (Å²) in [6.07, 6.45) is -2.78. The minimum Gasteiger partial charge on any atom is -0.303 e. The topological polar surface area (TPSA) is 12.0 Å². The first-order valence-electron chi connectivity index (χ1n) is 5.30. The van der Waals surface area contributed by atoms with Crippen molar-refractivity contribution in [3.05, 3.63) is 0 Å². The van der Waals surface area contributed by atoms with Gasteiger partial charge < -0.3 is 5.32 Å². The van der Waals surface area contributed by atoms with E-state index in [1.54, 1.807) is 11.8 Å². The lowest BCUT2D eigenvalue weighted by molar-refractivity contribution is -0.135. The Kier molecular flexibility index (Phi) is 4.35. The Morgan fingerprint density at radius 2 is 2.13 bits per heavy atom. The van der Waals surface area contributed by atoms with Gasteiger partial charge in [0.2, 0.25) is 0 Å². The van der Waals surface area contributed by atoms with Crippen LogP contribution in [0.4, 0.5) is 13.2 Å². The predicted octanol–water partition coefficient (Wildman–Crippen LogP) is 3.55. The third-order valence-corrected chi connectivity index (χ3v) is 4.13. The molecule has 5 heteroatoms. The second-order valence-electron chi connectivity index (χ2n) is 4.34. The minimum absolute atomic E-state index is 0.164. The fourth-order valence-electron chi connectivity index (χ4n) is 1.86. The summed E-state index contributed by atoms with van der Waals surface area (Å²) in [6, 6.07) is 0. The van der Waals surface area contributed by atoms with E-state index < -0.39 is 12.6 Å². The second kappa shape index (κ2) is 4.95. The van der Waals surface area contributed by atoms with Crippen LogP contribution in [0, 0.1) is 0 Å². The summed E-state index contributed by atoms with van der Waals surface area (Å²) >= 11 is 1.76. The van der Waals surface area contributed by atoms with Crippen molar-refractivity contribution in [2.24, 2.45) is 0 Å². The molecule has 0 spiro atoms. The van der Waals surface area contributed by atoms with E-state index in [0.29, 0.717) is 11.7 Å². The Morgan fingerprint density at radius 1 is 1.47 bits per heavy atom. The molecule has 0 aliphatic carbocycles. The molecule has 0 aromatic carbocycles. The number of hydrogen-bond acceptors (Lipinski definition) is 2. The van der Waals surface area contributed by atoms with Crippen molar-refractivity contribution in [3.8, 4) is 0 Å². The van der Waals surface area contributed by atoms with Crippen LogP contribution in [-0.2, 0) is 0 Å². The van der Waals surface area contributed by atoms with E-state index in [4.69, 9.17) is 0 Å². The Labute approximate surface area is 93.2 Å². The molecule has 2 atom stereocenters. The van der Waals surface area contributed by atoms with Crippen molar-refractivity contribution in [1.29, 1.82) is 0 Å². The van der Waals surface area contributed by atoms with Crippen molar-refractivity contribution in [2.75, 3.05) is 6.54 Å². The number of alkyl halides is 3. The van der Waals surface area contributed by atoms with Crippen molar-refractivity contribution in [2.45, 2.75) is 55.8 Å². The highest BCUT2D eigenvalue weighted by Crippen LogP contribution is 2.36. The van der Waals surface area contributed by atoms with Gasteiger partial charge in [-0.2, -0.15) is 13.2 Å². The van der Waals surface area contributed by atoms with Crippen LogP contribution in [0.25, 0.3) is 0 Å². The van der Waals surface area contributed by atoms with E-state index in [2.05, 4.69) is 12.2 Å². The molecule has 0 bridgehead atoms. The van der Waals surface area contributed by atoms with Crippen molar-refractivity contribution in [1.82, 2.24) is 5.32 Å². The van der Waals surface area contributed by atoms with E-state index >= 15 is 0 Å². The zero-order valence-electron chi connectivity index (χ0n) is 9.16. The van der Waals surface area contributed by atoms with Crippen LogP contribution in [0.1, 0.15) is 39.5 Å². The largest absolute Gasteiger partial charge is 0.389 e. The molecular formula is C10H18F3NS. The van der Waals surface area contributed by atoms with Gasteiger partial charge in [0.15, 0.2) is 0 Å². The first-order chi connectivity index (χ1) is 6.81. The molecule has 1 rings (SSSR count). The summed E-state index contributed by atoms with van der Waals surface area (Å²) in [5.41, 5.74) is 0. The van der Waals surface area contributed by atoms with Crippen molar-refractivity contribution in [3.63, 3.8) is 0 Å². The van der Waals surface area contributed by atoms with Gasteiger partial charge >= 0.3 is 6.18 Å². The number of nitrogens with one attached hydrogen (secondary N) is 1. The van der Waals surface area contributed by atoms with Crippen LogP contribution < -0.4 is 5.32 Å². The summed E-state index contributed by atoms with van der Waals surface area (Å²) in [7, 11) is 0. The highest BCUT2D eigenvalue weighted by molar-refractivity contribution is 8.01. The maximum absolute atomic E-state index is 12.0. The molecule has 1 heterocycles. The molecule has 1 N–H and O–H groups in total. The molecule has 0 aromatic rings. The average molecular weight is 241 g/mol. The summed E-state index contributed by atoms with van der Waals surface area (Å²) in [6.45, 7) is 5.05. The standard InChI is InChI=1S/C10H18F3NS/c1-8-4-7-14-9(2,15-8)5-3-6-10(11,12)13/h8,14H,3-7H2,1-2H3. The first kappa shape index (κ1) is 13.2. The van der Waals surface area contributed by atoms with Gasteiger partial charge in [-0.3, -0.25) is 0 Å². The maximum Gasteiger partial charge on any atom is 0.389 e. The van der Waals surface area contributed by atoms with Gasteiger partial charge in [0.25, 0.3) is 0 Å². The van der Waals surface area contributed by atoms with Crippen LogP contribution in [0.2, 0.25) is 0 Å². The SMILES string of the molecule is CC1CCNC(C)(CCCC(F)(F)F)S1. The fraction of sp³-hybridized carbons (Fsp3) is 1.00. The Bertz CT molecular complexity index is 207. The number of halogens is 3. The van der Waals surface area contributed by atoms with Gasteiger partial charge in [-0.05, 0) is 32.7 Å². The van der Waals surface area contributed by atoms with Crippen molar-refractivity contribution < 1.29 is 13.2 Å². The lowest BCUT2D eigenvalue weighted by Gasteiger charge is -2.37. The molecule has 0 radical (unpaired) electrons. The summed E-state index contributed by atoms with van der Waals surface area (Å²) in [5.74, 6) is 0. The second-order valence-corrected chi connectivity index (χ2v) is 6.28. The molecule has 2 unspecified atom stereocenters. The van der Waals surface area contributed by atoms with E-state index in [9.17, 15) is 13.2 Å². The lowest BCUT2D eigenvalue weighted by atomic mass is 10.1. The molecular weight excluding hydrogens is 223 g/mol. The van der Waals surface area contributed by atoms with E-state index in [1.807, 2.05) is 6.92 Å². The molecule has 1 saturated heterocycles.